The van der Waals surface area contributed by atoms with E-state index in [0.717, 1.165) is 10.9 Å². The molecule has 15 heavy (non-hydrogen) atoms. The van der Waals surface area contributed by atoms with Crippen LogP contribution >= 0.6 is 0 Å². The number of fused-ring (bicyclic) bond motifs is 1. The Morgan fingerprint density at radius 2 is 2.07 bits per heavy atom. The minimum absolute atomic E-state index is 0.231. The summed E-state index contributed by atoms with van der Waals surface area (Å²) in [5.74, 6) is 0.231. The summed E-state index contributed by atoms with van der Waals surface area (Å²) in [7, 11) is 0. The van der Waals surface area contributed by atoms with E-state index in [0.29, 0.717) is 0 Å². The fourth-order valence-corrected chi connectivity index (χ4v) is 1.23. The summed E-state index contributed by atoms with van der Waals surface area (Å²) in [6, 6.07) is 7.39. The first kappa shape index (κ1) is 9.76. The van der Waals surface area contributed by atoms with Crippen LogP contribution in [0.15, 0.2) is 30.5 Å². The molecule has 0 saturated heterocycles. The summed E-state index contributed by atoms with van der Waals surface area (Å²) in [4.78, 5) is 8.01. The van der Waals surface area contributed by atoms with Crippen LogP contribution in [0.1, 0.15) is 0 Å². The topological polar surface area (TPSA) is 37.8 Å². The van der Waals surface area contributed by atoms with Crippen LogP contribution in [0.2, 0.25) is 0 Å². The standard InChI is InChI=1S/C10H9F2N3/c11-9(12)6-14-10-13-5-7-3-1-2-4-8(7)15-10/h1-5,9H,6H2,(H,13,14,15). The highest BCUT2D eigenvalue weighted by atomic mass is 19.3. The highest BCUT2D eigenvalue weighted by molar-refractivity contribution is 5.78. The van der Waals surface area contributed by atoms with Gasteiger partial charge in [-0.2, -0.15) is 0 Å². The third kappa shape index (κ3) is 2.37. The van der Waals surface area contributed by atoms with Crippen molar-refractivity contribution in [1.82, 2.24) is 9.97 Å². The second-order valence-electron chi connectivity index (χ2n) is 3.02. The van der Waals surface area contributed by atoms with Gasteiger partial charge in [0.25, 0.3) is 6.43 Å². The van der Waals surface area contributed by atoms with Crippen LogP contribution in [0.3, 0.4) is 0 Å². The van der Waals surface area contributed by atoms with Crippen LogP contribution in [0.5, 0.6) is 0 Å². The lowest BCUT2D eigenvalue weighted by atomic mass is 10.2. The summed E-state index contributed by atoms with van der Waals surface area (Å²) in [6.45, 7) is -0.432. The molecule has 5 heteroatoms. The van der Waals surface area contributed by atoms with Crippen molar-refractivity contribution in [2.75, 3.05) is 11.9 Å². The van der Waals surface area contributed by atoms with E-state index in [1.807, 2.05) is 24.3 Å². The Bertz CT molecular complexity index is 459. The van der Waals surface area contributed by atoms with Gasteiger partial charge >= 0.3 is 0 Å². The highest BCUT2D eigenvalue weighted by Gasteiger charge is 2.03. The number of halogens is 2. The van der Waals surface area contributed by atoms with Gasteiger partial charge < -0.3 is 5.32 Å². The van der Waals surface area contributed by atoms with E-state index in [1.54, 1.807) is 6.20 Å². The van der Waals surface area contributed by atoms with Crippen LogP contribution in [0.25, 0.3) is 10.9 Å². The van der Waals surface area contributed by atoms with Crippen molar-refractivity contribution in [3.05, 3.63) is 30.5 Å². The van der Waals surface area contributed by atoms with Crippen LogP contribution < -0.4 is 5.32 Å². The minimum Gasteiger partial charge on any atom is -0.348 e. The Kier molecular flexibility index (Phi) is 2.71. The first-order chi connectivity index (χ1) is 7.25. The van der Waals surface area contributed by atoms with Crippen molar-refractivity contribution in [3.63, 3.8) is 0 Å². The molecule has 0 radical (unpaired) electrons. The molecule has 0 amide bonds. The van der Waals surface area contributed by atoms with Gasteiger partial charge in [-0.15, -0.1) is 0 Å². The van der Waals surface area contributed by atoms with Crippen molar-refractivity contribution in [2.45, 2.75) is 6.43 Å². The van der Waals surface area contributed by atoms with E-state index in [-0.39, 0.29) is 5.95 Å². The summed E-state index contributed by atoms with van der Waals surface area (Å²) in [5, 5.41) is 3.35. The minimum atomic E-state index is -2.40. The third-order valence-corrected chi connectivity index (χ3v) is 1.90. The van der Waals surface area contributed by atoms with Gasteiger partial charge in [-0.1, -0.05) is 18.2 Å². The Morgan fingerprint density at radius 1 is 1.27 bits per heavy atom. The Labute approximate surface area is 85.2 Å². The van der Waals surface area contributed by atoms with Crippen LogP contribution in [0, 0.1) is 0 Å². The molecule has 0 atom stereocenters. The maximum absolute atomic E-state index is 11.9. The lowest BCUT2D eigenvalue weighted by Crippen LogP contribution is -2.12. The van der Waals surface area contributed by atoms with Gasteiger partial charge in [0.05, 0.1) is 12.1 Å². The van der Waals surface area contributed by atoms with Crippen LogP contribution in [-0.2, 0) is 0 Å². The molecule has 0 bridgehead atoms. The van der Waals surface area contributed by atoms with E-state index in [9.17, 15) is 8.78 Å². The number of hydrogen-bond donors (Lipinski definition) is 1. The van der Waals surface area contributed by atoms with Crippen molar-refractivity contribution in [3.8, 4) is 0 Å². The molecule has 0 aliphatic rings. The maximum Gasteiger partial charge on any atom is 0.255 e. The zero-order valence-electron chi connectivity index (χ0n) is 7.82. The van der Waals surface area contributed by atoms with Gasteiger partial charge in [-0.05, 0) is 6.07 Å². The molecular formula is C10H9F2N3. The molecule has 2 aromatic rings. The summed E-state index contributed by atoms with van der Waals surface area (Å²) >= 11 is 0. The quantitative estimate of drug-likeness (QED) is 0.842. The summed E-state index contributed by atoms with van der Waals surface area (Å²) in [6.07, 6.45) is -0.795. The number of nitrogens with zero attached hydrogens (tertiary/aromatic N) is 2. The largest absolute Gasteiger partial charge is 0.348 e. The average Bonchev–Trinajstić information content (AvgIpc) is 2.26. The number of benzene rings is 1. The van der Waals surface area contributed by atoms with Crippen molar-refractivity contribution >= 4 is 16.9 Å². The smallest absolute Gasteiger partial charge is 0.255 e. The number of nitrogens with one attached hydrogen (secondary N) is 1. The normalized spacial score (nSPS) is 10.9. The average molecular weight is 209 g/mol. The third-order valence-electron chi connectivity index (χ3n) is 1.90. The zero-order chi connectivity index (χ0) is 10.7. The van der Waals surface area contributed by atoms with Gasteiger partial charge in [0.1, 0.15) is 0 Å². The first-order valence-corrected chi connectivity index (χ1v) is 4.49. The molecule has 0 aliphatic heterocycles. The number of para-hydroxylation sites is 1. The van der Waals surface area contributed by atoms with Gasteiger partial charge in [0.2, 0.25) is 5.95 Å². The fourth-order valence-electron chi connectivity index (χ4n) is 1.23. The summed E-state index contributed by atoms with van der Waals surface area (Å²) in [5.41, 5.74) is 0.740. The number of anilines is 1. The maximum atomic E-state index is 11.9. The molecular weight excluding hydrogens is 200 g/mol. The zero-order valence-corrected chi connectivity index (χ0v) is 7.82. The van der Waals surface area contributed by atoms with E-state index in [2.05, 4.69) is 15.3 Å². The number of hydrogen-bond acceptors (Lipinski definition) is 3. The predicted octanol–water partition coefficient (Wildman–Crippen LogP) is 2.31. The molecule has 0 saturated carbocycles. The van der Waals surface area contributed by atoms with Crippen LogP contribution in [0.4, 0.5) is 14.7 Å². The number of alkyl halides is 2. The molecule has 2 rings (SSSR count). The highest BCUT2D eigenvalue weighted by Crippen LogP contribution is 2.11. The van der Waals surface area contributed by atoms with Gasteiger partial charge in [0.15, 0.2) is 0 Å². The molecule has 1 N–H and O–H groups in total. The molecule has 0 aliphatic carbocycles. The predicted molar refractivity (Wildman–Crippen MR) is 54.0 cm³/mol. The molecule has 0 unspecified atom stereocenters. The van der Waals surface area contributed by atoms with Crippen molar-refractivity contribution in [2.24, 2.45) is 0 Å². The van der Waals surface area contributed by atoms with Crippen molar-refractivity contribution in [1.29, 1.82) is 0 Å². The van der Waals surface area contributed by atoms with Crippen LogP contribution in [-0.4, -0.2) is 22.9 Å². The monoisotopic (exact) mass is 209 g/mol. The number of aromatic nitrogens is 2. The lowest BCUT2D eigenvalue weighted by molar-refractivity contribution is 0.163. The van der Waals surface area contributed by atoms with E-state index in [4.69, 9.17) is 0 Å². The van der Waals surface area contributed by atoms with Gasteiger partial charge in [0, 0.05) is 11.6 Å². The van der Waals surface area contributed by atoms with Crippen molar-refractivity contribution < 1.29 is 8.78 Å². The lowest BCUT2D eigenvalue weighted by Gasteiger charge is -2.04. The molecule has 1 aromatic carbocycles. The molecule has 78 valence electrons. The second-order valence-corrected chi connectivity index (χ2v) is 3.02. The second kappa shape index (κ2) is 4.16. The SMILES string of the molecule is FC(F)CNc1ncc2ccccc2n1. The molecule has 1 aromatic heterocycles. The molecule has 1 heterocycles. The Hall–Kier alpha value is -1.78. The Balaban J connectivity index is 2.23. The van der Waals surface area contributed by atoms with Gasteiger partial charge in [-0.25, -0.2) is 18.7 Å². The first-order valence-electron chi connectivity index (χ1n) is 4.49. The Morgan fingerprint density at radius 3 is 2.87 bits per heavy atom. The van der Waals surface area contributed by atoms with Gasteiger partial charge in [-0.3, -0.25) is 0 Å². The molecule has 3 nitrogen and oxygen atoms in total. The molecule has 0 fully saturated rings. The summed E-state index contributed by atoms with van der Waals surface area (Å²) < 4.78 is 23.8. The van der Waals surface area contributed by atoms with E-state index < -0.39 is 13.0 Å². The van der Waals surface area contributed by atoms with E-state index in [1.165, 1.54) is 0 Å². The number of rotatable bonds is 3. The van der Waals surface area contributed by atoms with E-state index >= 15 is 0 Å². The molecule has 0 spiro atoms. The fraction of sp³-hybridized carbons (Fsp3) is 0.200.